The van der Waals surface area contributed by atoms with E-state index in [2.05, 4.69) is 24.8 Å². The molecule has 10 heteroatoms. The fourth-order valence-electron chi connectivity index (χ4n) is 5.29. The van der Waals surface area contributed by atoms with Crippen LogP contribution in [0, 0.1) is 12.7 Å². The van der Waals surface area contributed by atoms with E-state index in [1.807, 2.05) is 24.1 Å². The molecule has 0 radical (unpaired) electrons. The lowest BCUT2D eigenvalue weighted by Gasteiger charge is -2.36. The maximum absolute atomic E-state index is 15.8. The number of nitrogens with one attached hydrogen (secondary N) is 1. The van der Waals surface area contributed by atoms with Gasteiger partial charge in [-0.25, -0.2) is 23.7 Å². The molecule has 3 aromatic rings. The van der Waals surface area contributed by atoms with E-state index in [0.29, 0.717) is 35.9 Å². The van der Waals surface area contributed by atoms with Gasteiger partial charge in [-0.1, -0.05) is 0 Å². The number of halogens is 2. The number of benzene rings is 1. The Labute approximate surface area is 209 Å². The van der Waals surface area contributed by atoms with Crippen LogP contribution < -0.4 is 15.0 Å². The van der Waals surface area contributed by atoms with Crippen LogP contribution in [0.1, 0.15) is 37.1 Å². The number of aromatic nitrogens is 4. The molecule has 3 aliphatic rings. The predicted octanol–water partition coefficient (Wildman–Crippen LogP) is 3.98. The molecule has 5 heterocycles. The molecule has 1 unspecified atom stereocenters. The molecular formula is C26H31F2N7O. The molecule has 8 nitrogen and oxygen atoms in total. The van der Waals surface area contributed by atoms with Crippen molar-refractivity contribution in [3.8, 4) is 17.0 Å². The fraction of sp³-hybridized carbons (Fsp3) is 0.500. The SMILES string of the molecule is Cc1cc(-c2cn(CCN3CCC3)c([C@@H]3CCN(c4ncnc5c4OC(C)N5)C[C@@H]3F)n2)ccc1F. The lowest BCUT2D eigenvalue weighted by molar-refractivity contribution is 0.172. The first-order valence-electron chi connectivity index (χ1n) is 12.7. The maximum atomic E-state index is 15.8. The lowest BCUT2D eigenvalue weighted by atomic mass is 9.94. The highest BCUT2D eigenvalue weighted by molar-refractivity contribution is 5.67. The second-order valence-electron chi connectivity index (χ2n) is 9.97. The van der Waals surface area contributed by atoms with Crippen molar-refractivity contribution in [3.05, 3.63) is 47.9 Å². The van der Waals surface area contributed by atoms with E-state index < -0.39 is 6.17 Å². The van der Waals surface area contributed by atoms with E-state index in [-0.39, 0.29) is 24.5 Å². The summed E-state index contributed by atoms with van der Waals surface area (Å²) in [5.41, 5.74) is 2.18. The average Bonchev–Trinajstić information content (AvgIpc) is 3.42. The Hall–Kier alpha value is -3.27. The number of nitrogens with zero attached hydrogens (tertiary/aromatic N) is 6. The zero-order valence-electron chi connectivity index (χ0n) is 20.6. The molecule has 2 fully saturated rings. The fourth-order valence-corrected chi connectivity index (χ4v) is 5.29. The summed E-state index contributed by atoms with van der Waals surface area (Å²) in [6, 6.07) is 5.02. The van der Waals surface area contributed by atoms with Gasteiger partial charge < -0.3 is 24.4 Å². The summed E-state index contributed by atoms with van der Waals surface area (Å²) in [7, 11) is 0. The number of alkyl halides is 1. The average molecular weight is 496 g/mol. The number of rotatable bonds is 6. The smallest absolute Gasteiger partial charge is 0.207 e. The van der Waals surface area contributed by atoms with Crippen molar-refractivity contribution in [2.75, 3.05) is 42.9 Å². The minimum absolute atomic E-state index is 0.193. The predicted molar refractivity (Wildman–Crippen MR) is 134 cm³/mol. The standard InChI is InChI=1S/C26H31F2N7O/c1-16-12-18(4-5-20(16)27)22-14-35(11-10-33-7-3-8-33)25(32-22)19-6-9-34(13-21(19)28)26-23-24(29-15-30-26)31-17(2)36-23/h4-5,12,14-15,17,19,21H,3,6-11,13H2,1-2H3,(H,29,30,31)/t17?,19-,21+/m1/s1. The van der Waals surface area contributed by atoms with Crippen molar-refractivity contribution < 1.29 is 13.5 Å². The van der Waals surface area contributed by atoms with Crippen LogP contribution >= 0.6 is 0 Å². The van der Waals surface area contributed by atoms with Crippen molar-refractivity contribution in [2.24, 2.45) is 0 Å². The van der Waals surface area contributed by atoms with Crippen LogP contribution in [0.2, 0.25) is 0 Å². The summed E-state index contributed by atoms with van der Waals surface area (Å²) >= 11 is 0. The maximum Gasteiger partial charge on any atom is 0.207 e. The van der Waals surface area contributed by atoms with Gasteiger partial charge in [0.15, 0.2) is 17.9 Å². The number of ether oxygens (including phenoxy) is 1. The summed E-state index contributed by atoms with van der Waals surface area (Å²) in [4.78, 5) is 17.9. The van der Waals surface area contributed by atoms with Crippen LogP contribution in [0.25, 0.3) is 11.3 Å². The molecule has 2 saturated heterocycles. The van der Waals surface area contributed by atoms with Gasteiger partial charge in [0.2, 0.25) is 5.75 Å². The molecule has 6 rings (SSSR count). The molecule has 190 valence electrons. The van der Waals surface area contributed by atoms with Crippen molar-refractivity contribution in [2.45, 2.75) is 51.6 Å². The van der Waals surface area contributed by atoms with Gasteiger partial charge in [0.1, 0.15) is 24.1 Å². The zero-order chi connectivity index (χ0) is 24.8. The third-order valence-electron chi connectivity index (χ3n) is 7.46. The second-order valence-corrected chi connectivity index (χ2v) is 9.97. The molecule has 0 bridgehead atoms. The molecule has 0 amide bonds. The summed E-state index contributed by atoms with van der Waals surface area (Å²) in [5.74, 6) is 2.05. The molecule has 3 aliphatic heterocycles. The molecule has 0 aliphatic carbocycles. The highest BCUT2D eigenvalue weighted by Gasteiger charge is 2.37. The number of fused-ring (bicyclic) bond motifs is 1. The third-order valence-corrected chi connectivity index (χ3v) is 7.46. The van der Waals surface area contributed by atoms with Gasteiger partial charge in [-0.15, -0.1) is 0 Å². The molecule has 1 aromatic carbocycles. The second kappa shape index (κ2) is 9.31. The van der Waals surface area contributed by atoms with Gasteiger partial charge in [0.05, 0.1) is 18.2 Å². The topological polar surface area (TPSA) is 71.3 Å². The van der Waals surface area contributed by atoms with Crippen molar-refractivity contribution in [1.29, 1.82) is 0 Å². The van der Waals surface area contributed by atoms with Gasteiger partial charge in [0.25, 0.3) is 0 Å². The van der Waals surface area contributed by atoms with Crippen LogP contribution in [0.5, 0.6) is 5.75 Å². The van der Waals surface area contributed by atoms with Gasteiger partial charge in [-0.2, -0.15) is 0 Å². The first-order valence-corrected chi connectivity index (χ1v) is 12.7. The van der Waals surface area contributed by atoms with Crippen LogP contribution in [-0.4, -0.2) is 69.5 Å². The summed E-state index contributed by atoms with van der Waals surface area (Å²) in [6.07, 6.45) is 4.00. The van der Waals surface area contributed by atoms with Gasteiger partial charge in [-0.3, -0.25) is 0 Å². The van der Waals surface area contributed by atoms with E-state index >= 15 is 4.39 Å². The lowest BCUT2D eigenvalue weighted by Crippen LogP contribution is -2.42. The zero-order valence-corrected chi connectivity index (χ0v) is 20.6. The van der Waals surface area contributed by atoms with Crippen LogP contribution in [-0.2, 0) is 6.54 Å². The number of imidazole rings is 1. The molecule has 2 aromatic heterocycles. The first kappa shape index (κ1) is 23.1. The highest BCUT2D eigenvalue weighted by Crippen LogP contribution is 2.40. The van der Waals surface area contributed by atoms with Gasteiger partial charge in [0, 0.05) is 31.4 Å². The van der Waals surface area contributed by atoms with E-state index in [0.717, 1.165) is 43.3 Å². The number of hydrogen-bond acceptors (Lipinski definition) is 7. The van der Waals surface area contributed by atoms with Gasteiger partial charge in [-0.05, 0) is 63.5 Å². The van der Waals surface area contributed by atoms with Crippen molar-refractivity contribution in [3.63, 3.8) is 0 Å². The Balaban J connectivity index is 1.26. The molecule has 0 saturated carbocycles. The van der Waals surface area contributed by atoms with E-state index in [1.165, 1.54) is 18.8 Å². The molecule has 3 atom stereocenters. The van der Waals surface area contributed by atoms with Crippen molar-refractivity contribution in [1.82, 2.24) is 24.4 Å². The Bertz CT molecular complexity index is 1260. The van der Waals surface area contributed by atoms with Crippen LogP contribution in [0.4, 0.5) is 20.4 Å². The molecule has 36 heavy (non-hydrogen) atoms. The minimum atomic E-state index is -1.12. The minimum Gasteiger partial charge on any atom is -0.463 e. The Morgan fingerprint density at radius 2 is 2.03 bits per heavy atom. The Morgan fingerprint density at radius 1 is 1.17 bits per heavy atom. The van der Waals surface area contributed by atoms with E-state index in [4.69, 9.17) is 9.72 Å². The summed E-state index contributed by atoms with van der Waals surface area (Å²) < 4.78 is 37.7. The van der Waals surface area contributed by atoms with Crippen LogP contribution in [0.3, 0.4) is 0 Å². The van der Waals surface area contributed by atoms with E-state index in [1.54, 1.807) is 13.0 Å². The summed E-state index contributed by atoms with van der Waals surface area (Å²) in [5, 5.41) is 3.15. The monoisotopic (exact) mass is 495 g/mol. The Kier molecular flexibility index (Phi) is 5.99. The number of hydrogen-bond donors (Lipinski definition) is 1. The number of likely N-dealkylation sites (tertiary alicyclic amines) is 1. The number of aryl methyl sites for hydroxylation is 1. The largest absolute Gasteiger partial charge is 0.463 e. The first-order chi connectivity index (χ1) is 17.5. The Morgan fingerprint density at radius 3 is 2.78 bits per heavy atom. The molecule has 1 N–H and O–H groups in total. The quantitative estimate of drug-likeness (QED) is 0.555. The van der Waals surface area contributed by atoms with Gasteiger partial charge >= 0.3 is 0 Å². The van der Waals surface area contributed by atoms with E-state index in [9.17, 15) is 4.39 Å². The normalized spacial score (nSPS) is 23.7. The van der Waals surface area contributed by atoms with Crippen molar-refractivity contribution >= 4 is 11.6 Å². The number of piperidine rings is 1. The molecular weight excluding hydrogens is 464 g/mol. The third kappa shape index (κ3) is 4.27. The summed E-state index contributed by atoms with van der Waals surface area (Å²) in [6.45, 7) is 8.37. The molecule has 0 spiro atoms. The number of anilines is 2. The van der Waals surface area contributed by atoms with Crippen LogP contribution in [0.15, 0.2) is 30.7 Å². The highest BCUT2D eigenvalue weighted by atomic mass is 19.1.